The lowest BCUT2D eigenvalue weighted by molar-refractivity contribution is 0.380. The van der Waals surface area contributed by atoms with Gasteiger partial charge in [0.2, 0.25) is 5.89 Å². The zero-order valence-corrected chi connectivity index (χ0v) is 6.45. The summed E-state index contributed by atoms with van der Waals surface area (Å²) in [7, 11) is 0. The second-order valence-corrected chi connectivity index (χ2v) is 3.03. The van der Waals surface area contributed by atoms with Gasteiger partial charge in [0.1, 0.15) is 0 Å². The van der Waals surface area contributed by atoms with Gasteiger partial charge < -0.3 is 10.3 Å². The molecule has 2 rings (SSSR count). The fourth-order valence-corrected chi connectivity index (χ4v) is 1.12. The molecule has 0 bridgehead atoms. The fraction of sp³-hybridized carbons (Fsp3) is 0.714. The van der Waals surface area contributed by atoms with Crippen molar-refractivity contribution in [1.29, 1.82) is 0 Å². The molecule has 1 aliphatic rings. The number of rotatable bonds is 2. The summed E-state index contributed by atoms with van der Waals surface area (Å²) >= 11 is 0. The first kappa shape index (κ1) is 6.79. The summed E-state index contributed by atoms with van der Waals surface area (Å²) in [6, 6.07) is -0.00699. The third kappa shape index (κ3) is 1.26. The largest absolute Gasteiger partial charge is 0.340 e. The van der Waals surface area contributed by atoms with Crippen LogP contribution in [0.25, 0.3) is 0 Å². The van der Waals surface area contributed by atoms with Crippen LogP contribution < -0.4 is 5.73 Å². The van der Waals surface area contributed by atoms with Crippen LogP contribution in [0.3, 0.4) is 0 Å². The van der Waals surface area contributed by atoms with E-state index in [9.17, 15) is 0 Å². The molecule has 1 atom stereocenters. The van der Waals surface area contributed by atoms with Gasteiger partial charge in [-0.2, -0.15) is 4.98 Å². The van der Waals surface area contributed by atoms with Crippen molar-refractivity contribution >= 4 is 0 Å². The van der Waals surface area contributed by atoms with Crippen LogP contribution in [-0.2, 0) is 0 Å². The van der Waals surface area contributed by atoms with Crippen LogP contribution in [0.15, 0.2) is 4.52 Å². The summed E-state index contributed by atoms with van der Waals surface area (Å²) in [6.07, 6.45) is 2.41. The van der Waals surface area contributed by atoms with Crippen molar-refractivity contribution in [2.24, 2.45) is 11.7 Å². The third-order valence-corrected chi connectivity index (χ3v) is 1.97. The maximum atomic E-state index is 5.83. The lowest BCUT2D eigenvalue weighted by Crippen LogP contribution is -2.13. The van der Waals surface area contributed by atoms with Gasteiger partial charge in [0.25, 0.3) is 0 Å². The number of aromatic nitrogens is 2. The van der Waals surface area contributed by atoms with Crippen LogP contribution in [-0.4, -0.2) is 10.1 Å². The Kier molecular flexibility index (Phi) is 1.42. The van der Waals surface area contributed by atoms with Gasteiger partial charge in [-0.05, 0) is 18.8 Å². The highest BCUT2D eigenvalue weighted by Crippen LogP contribution is 2.38. The van der Waals surface area contributed by atoms with Gasteiger partial charge in [0.05, 0.1) is 6.04 Å². The molecule has 1 aliphatic carbocycles. The van der Waals surface area contributed by atoms with Gasteiger partial charge in [0, 0.05) is 6.92 Å². The first-order chi connectivity index (χ1) is 5.27. The van der Waals surface area contributed by atoms with E-state index in [2.05, 4.69) is 10.1 Å². The first-order valence-corrected chi connectivity index (χ1v) is 3.83. The molecule has 1 heterocycles. The molecule has 1 fully saturated rings. The van der Waals surface area contributed by atoms with E-state index in [1.807, 2.05) is 0 Å². The number of nitrogens with zero attached hydrogens (tertiary/aromatic N) is 2. The van der Waals surface area contributed by atoms with E-state index in [0.717, 1.165) is 0 Å². The Morgan fingerprint density at radius 3 is 2.82 bits per heavy atom. The average molecular weight is 153 g/mol. The molecule has 2 N–H and O–H groups in total. The molecule has 0 aliphatic heterocycles. The molecule has 1 aromatic heterocycles. The lowest BCUT2D eigenvalue weighted by Gasteiger charge is -2.01. The second kappa shape index (κ2) is 2.30. The zero-order valence-electron chi connectivity index (χ0n) is 6.45. The quantitative estimate of drug-likeness (QED) is 0.682. The van der Waals surface area contributed by atoms with Crippen molar-refractivity contribution in [3.63, 3.8) is 0 Å². The summed E-state index contributed by atoms with van der Waals surface area (Å²) in [5.41, 5.74) is 5.83. The molecule has 1 aromatic rings. The topological polar surface area (TPSA) is 64.9 Å². The van der Waals surface area contributed by atoms with Crippen molar-refractivity contribution in [2.45, 2.75) is 25.8 Å². The normalized spacial score (nSPS) is 20.2. The van der Waals surface area contributed by atoms with Crippen molar-refractivity contribution in [1.82, 2.24) is 10.1 Å². The van der Waals surface area contributed by atoms with E-state index in [4.69, 9.17) is 10.3 Å². The Morgan fingerprint density at radius 2 is 2.36 bits per heavy atom. The van der Waals surface area contributed by atoms with E-state index in [1.54, 1.807) is 6.92 Å². The molecular formula is C7H11N3O. The number of nitrogens with two attached hydrogens (primary N) is 1. The molecule has 11 heavy (non-hydrogen) atoms. The van der Waals surface area contributed by atoms with Gasteiger partial charge in [0.15, 0.2) is 5.82 Å². The molecular weight excluding hydrogens is 142 g/mol. The van der Waals surface area contributed by atoms with Crippen LogP contribution >= 0.6 is 0 Å². The predicted octanol–water partition coefficient (Wildman–Crippen LogP) is 0.788. The molecule has 60 valence electrons. The molecule has 1 saturated carbocycles. The number of hydrogen-bond acceptors (Lipinski definition) is 4. The molecule has 4 heteroatoms. The predicted molar refractivity (Wildman–Crippen MR) is 38.7 cm³/mol. The molecule has 0 unspecified atom stereocenters. The van der Waals surface area contributed by atoms with Gasteiger partial charge in [-0.15, -0.1) is 0 Å². The molecule has 4 nitrogen and oxygen atoms in total. The highest BCUT2D eigenvalue weighted by molar-refractivity contribution is 4.98. The summed E-state index contributed by atoms with van der Waals surface area (Å²) in [5, 5.41) is 3.77. The Bertz CT molecular complexity index is 254. The zero-order chi connectivity index (χ0) is 7.84. The Balaban J connectivity index is 2.14. The van der Waals surface area contributed by atoms with Crippen LogP contribution in [0.1, 0.15) is 30.6 Å². The minimum atomic E-state index is -0.00699. The van der Waals surface area contributed by atoms with E-state index in [0.29, 0.717) is 17.6 Å². The van der Waals surface area contributed by atoms with Gasteiger partial charge in [-0.3, -0.25) is 0 Å². The maximum absolute atomic E-state index is 5.83. The monoisotopic (exact) mass is 153 g/mol. The van der Waals surface area contributed by atoms with E-state index < -0.39 is 0 Å². The third-order valence-electron chi connectivity index (χ3n) is 1.97. The molecule has 0 saturated heterocycles. The van der Waals surface area contributed by atoms with Gasteiger partial charge >= 0.3 is 0 Å². The van der Waals surface area contributed by atoms with Gasteiger partial charge in [-0.25, -0.2) is 0 Å². The van der Waals surface area contributed by atoms with Crippen molar-refractivity contribution in [2.75, 3.05) is 0 Å². The first-order valence-electron chi connectivity index (χ1n) is 3.83. The lowest BCUT2D eigenvalue weighted by atomic mass is 10.2. The smallest absolute Gasteiger partial charge is 0.223 e. The molecule has 0 spiro atoms. The highest BCUT2D eigenvalue weighted by Gasteiger charge is 2.32. The summed E-state index contributed by atoms with van der Waals surface area (Å²) in [4.78, 5) is 4.07. The van der Waals surface area contributed by atoms with E-state index in [-0.39, 0.29) is 6.04 Å². The van der Waals surface area contributed by atoms with E-state index in [1.165, 1.54) is 12.8 Å². The van der Waals surface area contributed by atoms with Crippen LogP contribution in [0, 0.1) is 12.8 Å². The minimum Gasteiger partial charge on any atom is -0.340 e. The van der Waals surface area contributed by atoms with Crippen LogP contribution in [0.5, 0.6) is 0 Å². The van der Waals surface area contributed by atoms with Crippen molar-refractivity contribution in [3.8, 4) is 0 Å². The van der Waals surface area contributed by atoms with Crippen LogP contribution in [0.2, 0.25) is 0 Å². The molecule has 0 amide bonds. The number of aryl methyl sites for hydroxylation is 1. The standard InChI is InChI=1S/C7H11N3O/c1-4-9-7(10-11-4)6(8)5-2-3-5/h5-6H,2-3,8H2,1H3/t6-/m1/s1. The summed E-state index contributed by atoms with van der Waals surface area (Å²) < 4.78 is 4.82. The Morgan fingerprint density at radius 1 is 1.64 bits per heavy atom. The minimum absolute atomic E-state index is 0.00699. The Labute approximate surface area is 64.8 Å². The molecule has 0 radical (unpaired) electrons. The van der Waals surface area contributed by atoms with Crippen molar-refractivity contribution in [3.05, 3.63) is 11.7 Å². The summed E-state index contributed by atoms with van der Waals surface area (Å²) in [5.74, 6) is 1.84. The number of hydrogen-bond donors (Lipinski definition) is 1. The summed E-state index contributed by atoms with van der Waals surface area (Å²) in [6.45, 7) is 1.77. The van der Waals surface area contributed by atoms with Crippen LogP contribution in [0.4, 0.5) is 0 Å². The SMILES string of the molecule is Cc1nc([C@H](N)C2CC2)no1. The second-order valence-electron chi connectivity index (χ2n) is 3.03. The average Bonchev–Trinajstić information content (AvgIpc) is 2.74. The Hall–Kier alpha value is -0.900. The van der Waals surface area contributed by atoms with E-state index >= 15 is 0 Å². The maximum Gasteiger partial charge on any atom is 0.223 e. The van der Waals surface area contributed by atoms with Gasteiger partial charge in [-0.1, -0.05) is 5.16 Å². The molecule has 0 aromatic carbocycles. The van der Waals surface area contributed by atoms with Crippen molar-refractivity contribution < 1.29 is 4.52 Å². The highest BCUT2D eigenvalue weighted by atomic mass is 16.5. The fourth-order valence-electron chi connectivity index (χ4n) is 1.12.